The van der Waals surface area contributed by atoms with Crippen molar-refractivity contribution in [2.24, 2.45) is 10.2 Å². The second kappa shape index (κ2) is 11.2. The average molecular weight is 519 g/mol. The maximum Gasteiger partial charge on any atom is 0.516 e. The molecule has 0 saturated heterocycles. The number of carbonyl (C=O) groups excluding carboxylic acids is 1. The molecule has 184 valence electrons. The molecule has 1 aromatic carbocycles. The second-order valence-corrected chi connectivity index (χ2v) is 9.41. The number of ether oxygens (including phenoxy) is 1. The number of hydrogen-bond donors (Lipinski definition) is 1. The van der Waals surface area contributed by atoms with Gasteiger partial charge in [-0.25, -0.2) is 4.79 Å². The van der Waals surface area contributed by atoms with Gasteiger partial charge < -0.3 is 9.64 Å². The zero-order chi connectivity index (χ0) is 25.5. The number of nitrogens with zero attached hydrogens (tertiary/aromatic N) is 5. The van der Waals surface area contributed by atoms with Crippen LogP contribution in [0.5, 0.6) is 0 Å². The Bertz CT molecular complexity index is 1170. The molecule has 0 aliphatic carbocycles. The number of carbonyl (C=O) groups is 1. The number of benzene rings is 1. The Hall–Kier alpha value is -3.33. The number of nitrogens with one attached hydrogen (secondary N) is 1. The molecule has 10 nitrogen and oxygen atoms in total. The van der Waals surface area contributed by atoms with Gasteiger partial charge in [-0.3, -0.25) is 4.72 Å². The molecule has 0 fully saturated rings. The second-order valence-electron chi connectivity index (χ2n) is 6.78. The van der Waals surface area contributed by atoms with Gasteiger partial charge in [-0.15, -0.1) is 33.6 Å². The molecular formula is C19H21F3N6O4S2. The fourth-order valence-corrected chi connectivity index (χ4v) is 3.51. The highest BCUT2D eigenvalue weighted by Gasteiger charge is 2.46. The van der Waals surface area contributed by atoms with Crippen molar-refractivity contribution in [2.75, 3.05) is 22.7 Å². The lowest BCUT2D eigenvalue weighted by Crippen LogP contribution is -2.30. The molecule has 0 bridgehead atoms. The average Bonchev–Trinajstić information content (AvgIpc) is 3.20. The van der Waals surface area contributed by atoms with E-state index in [1.807, 2.05) is 0 Å². The van der Waals surface area contributed by atoms with Crippen LogP contribution in [0.3, 0.4) is 0 Å². The fraction of sp³-hybridized carbons (Fsp3) is 0.316. The first-order valence-electron chi connectivity index (χ1n) is 9.54. The van der Waals surface area contributed by atoms with Crippen LogP contribution < -0.4 is 9.62 Å². The molecule has 0 spiro atoms. The highest BCUT2D eigenvalue weighted by Crippen LogP contribution is 2.35. The Morgan fingerprint density at radius 3 is 2.44 bits per heavy atom. The lowest BCUT2D eigenvalue weighted by Gasteiger charge is -2.23. The van der Waals surface area contributed by atoms with E-state index in [1.165, 1.54) is 22.9 Å². The topological polar surface area (TPSA) is 126 Å². The molecule has 0 radical (unpaired) electrons. The number of halogens is 3. The molecule has 0 saturated carbocycles. The number of aromatic nitrogens is 2. The van der Waals surface area contributed by atoms with Crippen molar-refractivity contribution in [2.45, 2.75) is 25.5 Å². The molecule has 0 aliphatic heterocycles. The quantitative estimate of drug-likeness (QED) is 0.253. The Labute approximate surface area is 197 Å². The number of hydrogen-bond acceptors (Lipinski definition) is 10. The van der Waals surface area contributed by atoms with Crippen LogP contribution in [0, 0.1) is 0 Å². The van der Waals surface area contributed by atoms with Crippen LogP contribution in [0.25, 0.3) is 0 Å². The van der Waals surface area contributed by atoms with Gasteiger partial charge in [0.05, 0.1) is 11.8 Å². The lowest BCUT2D eigenvalue weighted by atomic mass is 10.2. The van der Waals surface area contributed by atoms with Gasteiger partial charge in [0.2, 0.25) is 5.01 Å². The summed E-state index contributed by atoms with van der Waals surface area (Å²) in [5, 5.41) is 14.6. The zero-order valence-electron chi connectivity index (χ0n) is 18.1. The highest BCUT2D eigenvalue weighted by atomic mass is 32.2. The van der Waals surface area contributed by atoms with Crippen LogP contribution in [0.15, 0.2) is 53.7 Å². The molecule has 0 unspecified atom stereocenters. The Morgan fingerprint density at radius 1 is 1.24 bits per heavy atom. The van der Waals surface area contributed by atoms with Crippen LogP contribution >= 0.6 is 11.3 Å². The third-order valence-electron chi connectivity index (χ3n) is 3.77. The Kier molecular flexibility index (Phi) is 8.86. The monoisotopic (exact) mass is 518 g/mol. The maximum atomic E-state index is 13.0. The number of esters is 1. The zero-order valence-corrected chi connectivity index (χ0v) is 19.7. The van der Waals surface area contributed by atoms with Crippen molar-refractivity contribution in [1.82, 2.24) is 10.2 Å². The summed E-state index contributed by atoms with van der Waals surface area (Å²) in [4.78, 5) is 13.6. The normalized spacial score (nSPS) is 12.1. The third-order valence-corrected chi connectivity index (χ3v) is 5.65. The fourth-order valence-electron chi connectivity index (χ4n) is 2.39. The number of rotatable bonds is 11. The molecule has 0 aliphatic rings. The van der Waals surface area contributed by atoms with E-state index in [0.29, 0.717) is 18.8 Å². The Morgan fingerprint density at radius 2 is 1.88 bits per heavy atom. The summed E-state index contributed by atoms with van der Waals surface area (Å²) in [6, 6.07) is 3.97. The minimum Gasteiger partial charge on any atom is -0.458 e. The summed E-state index contributed by atoms with van der Waals surface area (Å²) in [6.45, 7) is 11.2. The van der Waals surface area contributed by atoms with Gasteiger partial charge in [0.1, 0.15) is 5.69 Å². The lowest BCUT2D eigenvalue weighted by molar-refractivity contribution is -0.0429. The van der Waals surface area contributed by atoms with Crippen molar-refractivity contribution in [3.05, 3.63) is 48.5 Å². The van der Waals surface area contributed by atoms with Crippen LogP contribution in [0.4, 0.5) is 35.4 Å². The van der Waals surface area contributed by atoms with E-state index in [4.69, 9.17) is 4.74 Å². The van der Waals surface area contributed by atoms with Crippen LogP contribution in [-0.4, -0.2) is 49.3 Å². The summed E-state index contributed by atoms with van der Waals surface area (Å²) < 4.78 is 68.8. The number of sulfonamides is 1. The van der Waals surface area contributed by atoms with Gasteiger partial charge in [0.15, 0.2) is 0 Å². The van der Waals surface area contributed by atoms with E-state index in [1.54, 1.807) is 30.9 Å². The summed E-state index contributed by atoms with van der Waals surface area (Å²) in [5.41, 5.74) is -5.87. The minimum atomic E-state index is -5.74. The maximum absolute atomic E-state index is 13.0. The molecule has 34 heavy (non-hydrogen) atoms. The van der Waals surface area contributed by atoms with Crippen molar-refractivity contribution >= 4 is 49.5 Å². The molecule has 0 atom stereocenters. The molecule has 0 amide bonds. The first-order valence-corrected chi connectivity index (χ1v) is 11.8. The summed E-state index contributed by atoms with van der Waals surface area (Å²) in [5.74, 6) is -0.721. The molecule has 15 heteroatoms. The van der Waals surface area contributed by atoms with E-state index < -0.39 is 27.2 Å². The third kappa shape index (κ3) is 7.08. The van der Waals surface area contributed by atoms with Crippen molar-refractivity contribution in [1.29, 1.82) is 0 Å². The smallest absolute Gasteiger partial charge is 0.458 e. The van der Waals surface area contributed by atoms with Crippen LogP contribution in [0.2, 0.25) is 0 Å². The van der Waals surface area contributed by atoms with Crippen molar-refractivity contribution in [3.8, 4) is 0 Å². The number of alkyl halides is 3. The predicted octanol–water partition coefficient (Wildman–Crippen LogP) is 4.96. The van der Waals surface area contributed by atoms with Crippen molar-refractivity contribution < 1.29 is 31.1 Å². The summed E-state index contributed by atoms with van der Waals surface area (Å²) in [7, 11) is -5.74. The van der Waals surface area contributed by atoms with Crippen LogP contribution in [-0.2, 0) is 14.8 Å². The molecule has 1 heterocycles. The first kappa shape index (κ1) is 26.9. The largest absolute Gasteiger partial charge is 0.516 e. The van der Waals surface area contributed by atoms with E-state index in [9.17, 15) is 26.4 Å². The molecular weight excluding hydrogens is 497 g/mol. The van der Waals surface area contributed by atoms with E-state index in [0.717, 1.165) is 11.3 Å². The van der Waals surface area contributed by atoms with Crippen LogP contribution in [0.1, 0.15) is 23.6 Å². The van der Waals surface area contributed by atoms with E-state index in [-0.39, 0.29) is 21.9 Å². The van der Waals surface area contributed by atoms with Crippen molar-refractivity contribution in [3.63, 3.8) is 0 Å². The molecule has 2 rings (SSSR count). The molecule has 1 aromatic heterocycles. The SMILES string of the molecule is C=CCN(CC=C)c1ccc(N=Nc2nnc(C(=O)OC(C)C)s2)c(NS(=O)(=O)C(F)(F)F)c1. The van der Waals surface area contributed by atoms with Gasteiger partial charge in [0.25, 0.3) is 5.13 Å². The van der Waals surface area contributed by atoms with Gasteiger partial charge in [-0.05, 0) is 32.0 Å². The predicted molar refractivity (Wildman–Crippen MR) is 122 cm³/mol. The molecule has 2 aromatic rings. The first-order chi connectivity index (χ1) is 15.9. The van der Waals surface area contributed by atoms with Gasteiger partial charge in [0, 0.05) is 18.8 Å². The molecule has 1 N–H and O–H groups in total. The van der Waals surface area contributed by atoms with Gasteiger partial charge in [-0.2, -0.15) is 21.6 Å². The Balaban J connectivity index is 2.44. The summed E-state index contributed by atoms with van der Waals surface area (Å²) >= 11 is 0.741. The van der Waals surface area contributed by atoms with Gasteiger partial charge >= 0.3 is 21.5 Å². The van der Waals surface area contributed by atoms with E-state index >= 15 is 0 Å². The van der Waals surface area contributed by atoms with E-state index in [2.05, 4.69) is 33.6 Å². The minimum absolute atomic E-state index is 0.0932. The number of anilines is 2. The highest BCUT2D eigenvalue weighted by molar-refractivity contribution is 7.93. The summed E-state index contributed by atoms with van der Waals surface area (Å²) in [6.07, 6.45) is 2.74. The van der Waals surface area contributed by atoms with Gasteiger partial charge in [-0.1, -0.05) is 23.5 Å². The standard InChI is InChI=1S/C19H21F3N6O4S2/c1-5-9-28(10-6-2)13-7-8-14(15(11-13)27-34(30,31)19(20,21)22)23-25-18-26-24-16(33-18)17(29)32-12(3)4/h5-8,11-12,27H,1-2,9-10H2,3-4H3. The number of azo groups is 1.